The fourth-order valence-electron chi connectivity index (χ4n) is 4.21. The molecule has 0 unspecified atom stereocenters. The third-order valence-corrected chi connectivity index (χ3v) is 6.00. The first-order chi connectivity index (χ1) is 15.6. The van der Waals surface area contributed by atoms with Gasteiger partial charge in [-0.15, -0.1) is 0 Å². The highest BCUT2D eigenvalue weighted by Crippen LogP contribution is 2.45. The van der Waals surface area contributed by atoms with Crippen molar-refractivity contribution in [2.24, 2.45) is 0 Å². The third kappa shape index (κ3) is 2.73. The van der Waals surface area contributed by atoms with Gasteiger partial charge in [0.25, 0.3) is 5.56 Å². The molecule has 0 atom stereocenters. The molecular formula is C25H15ClN2O4. The Morgan fingerprint density at radius 1 is 0.875 bits per heavy atom. The number of rotatable bonds is 2. The Kier molecular flexibility index (Phi) is 4.10. The lowest BCUT2D eigenvalue weighted by molar-refractivity contribution is 0.174. The topological polar surface area (TPSA) is 73.3 Å². The van der Waals surface area contributed by atoms with Gasteiger partial charge in [0.2, 0.25) is 6.79 Å². The second kappa shape index (κ2) is 7.00. The predicted molar refractivity (Wildman–Crippen MR) is 124 cm³/mol. The average Bonchev–Trinajstić information content (AvgIpc) is 3.27. The van der Waals surface area contributed by atoms with Gasteiger partial charge in [0.1, 0.15) is 0 Å². The van der Waals surface area contributed by atoms with E-state index in [4.69, 9.17) is 21.1 Å². The number of nitrogens with zero attached hydrogens (tertiary/aromatic N) is 1. The van der Waals surface area contributed by atoms with Gasteiger partial charge in [-0.25, -0.2) is 9.36 Å². The Hall–Kier alpha value is -4.03. The number of benzene rings is 4. The van der Waals surface area contributed by atoms with Gasteiger partial charge in [0.15, 0.2) is 11.5 Å². The molecular weight excluding hydrogens is 428 g/mol. The van der Waals surface area contributed by atoms with Crippen LogP contribution in [-0.2, 0) is 0 Å². The van der Waals surface area contributed by atoms with Gasteiger partial charge in [-0.1, -0.05) is 54.1 Å². The Morgan fingerprint density at radius 2 is 1.72 bits per heavy atom. The molecule has 1 aliphatic heterocycles. The Labute approximate surface area is 186 Å². The Morgan fingerprint density at radius 3 is 2.62 bits per heavy atom. The zero-order valence-electron chi connectivity index (χ0n) is 16.6. The first-order valence-electron chi connectivity index (χ1n) is 9.97. The highest BCUT2D eigenvalue weighted by molar-refractivity contribution is 6.34. The van der Waals surface area contributed by atoms with Crippen molar-refractivity contribution >= 4 is 33.3 Å². The first-order valence-corrected chi connectivity index (χ1v) is 10.4. The molecule has 2 heterocycles. The zero-order chi connectivity index (χ0) is 21.8. The molecule has 0 spiro atoms. The number of aromatic nitrogens is 2. The molecule has 0 bridgehead atoms. The fourth-order valence-corrected chi connectivity index (χ4v) is 4.47. The summed E-state index contributed by atoms with van der Waals surface area (Å²) in [6, 6.07) is 21.9. The number of ether oxygens (including phenoxy) is 2. The summed E-state index contributed by atoms with van der Waals surface area (Å²) in [5.74, 6) is 1.15. The molecule has 7 heteroatoms. The lowest BCUT2D eigenvalue weighted by atomic mass is 10.0. The molecule has 6 nitrogen and oxygen atoms in total. The van der Waals surface area contributed by atoms with Gasteiger partial charge in [0.05, 0.1) is 21.6 Å². The number of hydrogen-bond acceptors (Lipinski definition) is 4. The summed E-state index contributed by atoms with van der Waals surface area (Å²) >= 11 is 6.44. The van der Waals surface area contributed by atoms with Crippen molar-refractivity contribution in [3.05, 3.63) is 98.7 Å². The van der Waals surface area contributed by atoms with Crippen LogP contribution in [0.1, 0.15) is 0 Å². The number of hydrogen-bond donors (Lipinski definition) is 1. The van der Waals surface area contributed by atoms with Crippen LogP contribution in [0.25, 0.3) is 38.5 Å². The standard InChI is InChI=1S/C25H15ClN2O4/c26-18-10-11-21-23(32-13-31-21)22(18)15-8-9-17-19(12-15)27-25(30)28(24(17)29)20-7-3-5-14-4-1-2-6-16(14)20/h1-12H,13H2,(H,27,30). The van der Waals surface area contributed by atoms with Crippen molar-refractivity contribution in [3.8, 4) is 28.3 Å². The summed E-state index contributed by atoms with van der Waals surface area (Å²) in [7, 11) is 0. The largest absolute Gasteiger partial charge is 0.454 e. The van der Waals surface area contributed by atoms with Crippen molar-refractivity contribution < 1.29 is 9.47 Å². The molecule has 156 valence electrons. The number of H-pyrrole nitrogens is 1. The van der Waals surface area contributed by atoms with Crippen LogP contribution in [0.2, 0.25) is 5.02 Å². The lowest BCUT2D eigenvalue weighted by Crippen LogP contribution is -2.33. The molecule has 4 aromatic carbocycles. The minimum absolute atomic E-state index is 0.114. The van der Waals surface area contributed by atoms with E-state index in [2.05, 4.69) is 4.98 Å². The van der Waals surface area contributed by atoms with Crippen molar-refractivity contribution in [1.29, 1.82) is 0 Å². The van der Waals surface area contributed by atoms with Gasteiger partial charge in [-0.3, -0.25) is 4.79 Å². The molecule has 0 aliphatic carbocycles. The van der Waals surface area contributed by atoms with Gasteiger partial charge in [-0.05, 0) is 41.3 Å². The van der Waals surface area contributed by atoms with Crippen molar-refractivity contribution in [3.63, 3.8) is 0 Å². The van der Waals surface area contributed by atoms with E-state index < -0.39 is 11.2 Å². The van der Waals surface area contributed by atoms with Gasteiger partial charge >= 0.3 is 5.69 Å². The quantitative estimate of drug-likeness (QED) is 0.423. The first kappa shape index (κ1) is 18.7. The molecule has 32 heavy (non-hydrogen) atoms. The normalized spacial score (nSPS) is 12.5. The summed E-state index contributed by atoms with van der Waals surface area (Å²) < 4.78 is 12.2. The second-order valence-electron chi connectivity index (χ2n) is 7.49. The molecule has 1 N–H and O–H groups in total. The van der Waals surface area contributed by atoms with E-state index in [1.165, 1.54) is 4.57 Å². The summed E-state index contributed by atoms with van der Waals surface area (Å²) in [6.45, 7) is 0.114. The van der Waals surface area contributed by atoms with E-state index in [1.807, 2.05) is 36.4 Å². The monoisotopic (exact) mass is 442 g/mol. The molecule has 5 aromatic rings. The van der Waals surface area contributed by atoms with Gasteiger partial charge in [0, 0.05) is 10.9 Å². The smallest absolute Gasteiger partial charge is 0.333 e. The lowest BCUT2D eigenvalue weighted by Gasteiger charge is -2.12. The van der Waals surface area contributed by atoms with Crippen molar-refractivity contribution in [2.75, 3.05) is 6.79 Å². The highest BCUT2D eigenvalue weighted by Gasteiger charge is 2.22. The summed E-state index contributed by atoms with van der Waals surface area (Å²) in [5, 5.41) is 2.64. The molecule has 0 fully saturated rings. The summed E-state index contributed by atoms with van der Waals surface area (Å²) in [5.41, 5.74) is 1.41. The fraction of sp³-hybridized carbons (Fsp3) is 0.0400. The number of fused-ring (bicyclic) bond motifs is 3. The van der Waals surface area contributed by atoms with Crippen LogP contribution in [0.5, 0.6) is 11.5 Å². The van der Waals surface area contributed by atoms with Crippen LogP contribution in [0.3, 0.4) is 0 Å². The van der Waals surface area contributed by atoms with Crippen molar-refractivity contribution in [2.45, 2.75) is 0 Å². The van der Waals surface area contributed by atoms with Crippen LogP contribution < -0.4 is 20.7 Å². The zero-order valence-corrected chi connectivity index (χ0v) is 17.3. The van der Waals surface area contributed by atoms with Crippen LogP contribution in [0.4, 0.5) is 0 Å². The minimum atomic E-state index is -0.514. The SMILES string of the molecule is O=c1[nH]c2cc(-c3c(Cl)ccc4c3OCO4)ccc2c(=O)n1-c1cccc2ccccc12. The maximum atomic E-state index is 13.4. The molecule has 0 radical (unpaired) electrons. The van der Waals surface area contributed by atoms with E-state index in [0.717, 1.165) is 10.8 Å². The van der Waals surface area contributed by atoms with Gasteiger partial charge < -0.3 is 14.5 Å². The van der Waals surface area contributed by atoms with E-state index in [9.17, 15) is 9.59 Å². The molecule has 1 aromatic heterocycles. The number of aromatic amines is 1. The van der Waals surface area contributed by atoms with E-state index >= 15 is 0 Å². The molecule has 1 aliphatic rings. The molecule has 6 rings (SSSR count). The highest BCUT2D eigenvalue weighted by atomic mass is 35.5. The van der Waals surface area contributed by atoms with Gasteiger partial charge in [-0.2, -0.15) is 0 Å². The predicted octanol–water partition coefficient (Wildman–Crippen LogP) is 4.88. The van der Waals surface area contributed by atoms with Crippen molar-refractivity contribution in [1.82, 2.24) is 9.55 Å². The van der Waals surface area contributed by atoms with Crippen LogP contribution in [0, 0.1) is 0 Å². The average molecular weight is 443 g/mol. The van der Waals surface area contributed by atoms with E-state index in [0.29, 0.717) is 44.2 Å². The Bertz CT molecular complexity index is 1660. The third-order valence-electron chi connectivity index (χ3n) is 5.68. The van der Waals surface area contributed by atoms with Crippen LogP contribution >= 0.6 is 11.6 Å². The molecule has 0 saturated heterocycles. The molecule has 0 amide bonds. The second-order valence-corrected chi connectivity index (χ2v) is 7.89. The maximum absolute atomic E-state index is 13.4. The molecule has 0 saturated carbocycles. The Balaban J connectivity index is 1.59. The van der Waals surface area contributed by atoms with Crippen LogP contribution in [-0.4, -0.2) is 16.3 Å². The maximum Gasteiger partial charge on any atom is 0.333 e. The van der Waals surface area contributed by atoms with Crippen LogP contribution in [0.15, 0.2) is 82.4 Å². The number of halogens is 1. The van der Waals surface area contributed by atoms with E-state index in [1.54, 1.807) is 36.4 Å². The summed E-state index contributed by atoms with van der Waals surface area (Å²) in [4.78, 5) is 29.3. The number of nitrogens with one attached hydrogen (secondary N) is 1. The minimum Gasteiger partial charge on any atom is -0.454 e. The van der Waals surface area contributed by atoms with E-state index in [-0.39, 0.29) is 6.79 Å². The summed E-state index contributed by atoms with van der Waals surface area (Å²) in [6.07, 6.45) is 0.